The first-order valence-corrected chi connectivity index (χ1v) is 6.94. The van der Waals surface area contributed by atoms with E-state index in [9.17, 15) is 13.2 Å². The maximum Gasteiger partial charge on any atom is 0.324 e. The van der Waals surface area contributed by atoms with Crippen molar-refractivity contribution in [2.24, 2.45) is 0 Å². The van der Waals surface area contributed by atoms with Gasteiger partial charge in [0.05, 0.1) is 0 Å². The quantitative estimate of drug-likeness (QED) is 0.712. The van der Waals surface area contributed by atoms with Crippen LogP contribution in [0.1, 0.15) is 41.5 Å². The Morgan fingerprint density at radius 1 is 1.12 bits per heavy atom. The Labute approximate surface area is 103 Å². The standard InChI is InChI=1S/C10H22N2O4S/c1-7(2)11-17(14,15)12-8(3)9(13)16-10(4,5)6/h7-8,11-12H,1-6H3/t8-/m0/s1. The third kappa shape index (κ3) is 8.12. The Morgan fingerprint density at radius 3 is 1.94 bits per heavy atom. The van der Waals surface area contributed by atoms with E-state index in [2.05, 4.69) is 9.44 Å². The molecular formula is C10H22N2O4S. The molecule has 0 spiro atoms. The molecule has 0 aliphatic heterocycles. The van der Waals surface area contributed by atoms with Gasteiger partial charge in [-0.1, -0.05) is 0 Å². The van der Waals surface area contributed by atoms with Crippen LogP contribution >= 0.6 is 0 Å². The van der Waals surface area contributed by atoms with Gasteiger partial charge < -0.3 is 4.74 Å². The van der Waals surface area contributed by atoms with Gasteiger partial charge in [0, 0.05) is 6.04 Å². The van der Waals surface area contributed by atoms with Gasteiger partial charge in [-0.3, -0.25) is 4.79 Å². The molecule has 0 aromatic carbocycles. The minimum atomic E-state index is -3.68. The molecule has 0 unspecified atom stereocenters. The van der Waals surface area contributed by atoms with Gasteiger partial charge in [-0.15, -0.1) is 0 Å². The number of nitrogens with one attached hydrogen (secondary N) is 2. The summed E-state index contributed by atoms with van der Waals surface area (Å²) in [6.45, 7) is 9.98. The molecule has 0 aliphatic carbocycles. The number of ether oxygens (including phenoxy) is 1. The highest BCUT2D eigenvalue weighted by atomic mass is 32.2. The maximum atomic E-state index is 11.5. The monoisotopic (exact) mass is 266 g/mol. The van der Waals surface area contributed by atoms with E-state index in [1.807, 2.05) is 0 Å². The third-order valence-corrected chi connectivity index (χ3v) is 2.93. The number of rotatable bonds is 5. The van der Waals surface area contributed by atoms with Crippen LogP contribution in [0.25, 0.3) is 0 Å². The molecule has 0 radical (unpaired) electrons. The molecule has 0 aliphatic rings. The number of carbonyl (C=O) groups is 1. The third-order valence-electron chi connectivity index (χ3n) is 1.48. The fourth-order valence-electron chi connectivity index (χ4n) is 1.02. The van der Waals surface area contributed by atoms with E-state index in [0.29, 0.717) is 0 Å². The molecule has 1 atom stereocenters. The van der Waals surface area contributed by atoms with Crippen LogP contribution in [0.3, 0.4) is 0 Å². The summed E-state index contributed by atoms with van der Waals surface area (Å²) in [4.78, 5) is 11.5. The van der Waals surface area contributed by atoms with Crippen molar-refractivity contribution >= 4 is 16.2 Å². The first kappa shape index (κ1) is 16.3. The van der Waals surface area contributed by atoms with E-state index in [1.165, 1.54) is 6.92 Å². The Hall–Kier alpha value is -0.660. The molecule has 0 saturated carbocycles. The number of hydrogen-bond acceptors (Lipinski definition) is 4. The average Bonchev–Trinajstić information content (AvgIpc) is 1.96. The SMILES string of the molecule is CC(C)NS(=O)(=O)N[C@@H](C)C(=O)OC(C)(C)C. The van der Waals surface area contributed by atoms with Crippen molar-refractivity contribution in [3.05, 3.63) is 0 Å². The van der Waals surface area contributed by atoms with Crippen LogP contribution < -0.4 is 9.44 Å². The molecule has 2 N–H and O–H groups in total. The van der Waals surface area contributed by atoms with Crippen molar-refractivity contribution in [2.45, 2.75) is 59.2 Å². The lowest BCUT2D eigenvalue weighted by Gasteiger charge is -2.23. The normalized spacial score (nSPS) is 14.8. The second kappa shape index (κ2) is 5.79. The van der Waals surface area contributed by atoms with Gasteiger partial charge in [0.25, 0.3) is 10.2 Å². The number of carbonyl (C=O) groups excluding carboxylic acids is 1. The summed E-state index contributed by atoms with van der Waals surface area (Å²) in [6, 6.07) is -1.16. The van der Waals surface area contributed by atoms with Crippen molar-refractivity contribution in [1.82, 2.24) is 9.44 Å². The minimum absolute atomic E-state index is 0.238. The molecule has 0 saturated heterocycles. The summed E-state index contributed by atoms with van der Waals surface area (Å²) in [5.41, 5.74) is -0.637. The minimum Gasteiger partial charge on any atom is -0.459 e. The number of esters is 1. The van der Waals surface area contributed by atoms with Crippen molar-refractivity contribution in [1.29, 1.82) is 0 Å². The molecule has 0 fully saturated rings. The molecule has 0 heterocycles. The van der Waals surface area contributed by atoms with Gasteiger partial charge in [-0.2, -0.15) is 17.9 Å². The summed E-state index contributed by atoms with van der Waals surface area (Å²) < 4.78 is 32.6. The molecule has 6 nitrogen and oxygen atoms in total. The maximum absolute atomic E-state index is 11.5. The first-order chi connectivity index (χ1) is 7.43. The van der Waals surface area contributed by atoms with E-state index in [0.717, 1.165) is 0 Å². The lowest BCUT2D eigenvalue weighted by molar-refractivity contribution is -0.156. The van der Waals surface area contributed by atoms with Gasteiger partial charge in [-0.25, -0.2) is 0 Å². The Morgan fingerprint density at radius 2 is 1.59 bits per heavy atom. The first-order valence-electron chi connectivity index (χ1n) is 5.45. The molecule has 0 rings (SSSR count). The largest absolute Gasteiger partial charge is 0.459 e. The molecule has 17 heavy (non-hydrogen) atoms. The Bertz CT molecular complexity index is 357. The topological polar surface area (TPSA) is 84.5 Å². The second-order valence-electron chi connectivity index (χ2n) is 5.15. The van der Waals surface area contributed by atoms with E-state index >= 15 is 0 Å². The van der Waals surface area contributed by atoms with E-state index in [4.69, 9.17) is 4.74 Å². The highest BCUT2D eigenvalue weighted by Gasteiger charge is 2.25. The van der Waals surface area contributed by atoms with E-state index in [-0.39, 0.29) is 6.04 Å². The zero-order chi connectivity index (χ0) is 13.9. The van der Waals surface area contributed by atoms with Crippen LogP contribution in [0.4, 0.5) is 0 Å². The lowest BCUT2D eigenvalue weighted by atomic mass is 10.2. The molecule has 7 heteroatoms. The molecule has 102 valence electrons. The van der Waals surface area contributed by atoms with E-state index in [1.54, 1.807) is 34.6 Å². The molecule has 0 aromatic heterocycles. The molecule has 0 amide bonds. The lowest BCUT2D eigenvalue weighted by Crippen LogP contribution is -2.48. The van der Waals surface area contributed by atoms with Crippen molar-refractivity contribution in [3.63, 3.8) is 0 Å². The number of hydrogen-bond donors (Lipinski definition) is 2. The summed E-state index contributed by atoms with van der Waals surface area (Å²) in [7, 11) is -3.68. The van der Waals surface area contributed by atoms with Gasteiger partial charge in [-0.05, 0) is 41.5 Å². The smallest absolute Gasteiger partial charge is 0.324 e. The van der Waals surface area contributed by atoms with Gasteiger partial charge in [0.15, 0.2) is 0 Å². The average molecular weight is 266 g/mol. The molecular weight excluding hydrogens is 244 g/mol. The van der Waals surface area contributed by atoms with Crippen LogP contribution in [0.5, 0.6) is 0 Å². The second-order valence-corrected chi connectivity index (χ2v) is 6.63. The summed E-state index contributed by atoms with van der Waals surface area (Å²) in [5, 5.41) is 0. The highest BCUT2D eigenvalue weighted by molar-refractivity contribution is 7.87. The van der Waals surface area contributed by atoms with Crippen LogP contribution in [0.2, 0.25) is 0 Å². The summed E-state index contributed by atoms with van der Waals surface area (Å²) >= 11 is 0. The van der Waals surface area contributed by atoms with Crippen molar-refractivity contribution in [3.8, 4) is 0 Å². The molecule has 0 aromatic rings. The fourth-order valence-corrected chi connectivity index (χ4v) is 2.27. The molecule has 0 bridgehead atoms. The van der Waals surface area contributed by atoms with Crippen LogP contribution in [-0.2, 0) is 19.7 Å². The Kier molecular flexibility index (Phi) is 5.57. The highest BCUT2D eigenvalue weighted by Crippen LogP contribution is 2.08. The van der Waals surface area contributed by atoms with Crippen LogP contribution in [0.15, 0.2) is 0 Å². The van der Waals surface area contributed by atoms with E-state index < -0.39 is 27.8 Å². The van der Waals surface area contributed by atoms with Crippen molar-refractivity contribution < 1.29 is 17.9 Å². The predicted octanol–water partition coefficient (Wildman–Crippen LogP) is 0.549. The predicted molar refractivity (Wildman–Crippen MR) is 65.6 cm³/mol. The summed E-state index contributed by atoms with van der Waals surface area (Å²) in [6.07, 6.45) is 0. The zero-order valence-corrected chi connectivity index (χ0v) is 12.0. The van der Waals surface area contributed by atoms with Crippen LogP contribution in [0, 0.1) is 0 Å². The summed E-state index contributed by atoms with van der Waals surface area (Å²) in [5.74, 6) is -0.605. The van der Waals surface area contributed by atoms with Gasteiger partial charge in [0.2, 0.25) is 0 Å². The van der Waals surface area contributed by atoms with Gasteiger partial charge in [0.1, 0.15) is 11.6 Å². The van der Waals surface area contributed by atoms with Gasteiger partial charge >= 0.3 is 5.97 Å². The zero-order valence-electron chi connectivity index (χ0n) is 11.2. The van der Waals surface area contributed by atoms with Crippen LogP contribution in [-0.4, -0.2) is 32.1 Å². The Balaban J connectivity index is 4.45. The fraction of sp³-hybridized carbons (Fsp3) is 0.900. The van der Waals surface area contributed by atoms with Crippen molar-refractivity contribution in [2.75, 3.05) is 0 Å².